The van der Waals surface area contributed by atoms with E-state index in [1.165, 1.54) is 34.8 Å². The van der Waals surface area contributed by atoms with Gasteiger partial charge in [-0.15, -0.1) is 23.1 Å². The van der Waals surface area contributed by atoms with Gasteiger partial charge in [-0.25, -0.2) is 4.98 Å². The van der Waals surface area contributed by atoms with Crippen molar-refractivity contribution in [2.45, 2.75) is 37.9 Å². The molecule has 0 fully saturated rings. The van der Waals surface area contributed by atoms with E-state index in [9.17, 15) is 4.79 Å². The number of aryl methyl sites for hydroxylation is 2. The minimum Gasteiger partial charge on any atom is -0.355 e. The number of rotatable bonds is 7. The number of carbonyl (C=O) groups excluding carboxylic acids is 1. The maximum absolute atomic E-state index is 11.8. The predicted molar refractivity (Wildman–Crippen MR) is 95.9 cm³/mol. The Morgan fingerprint density at radius 1 is 1.30 bits per heavy atom. The summed E-state index contributed by atoms with van der Waals surface area (Å²) in [5, 5.41) is 4.15. The quantitative estimate of drug-likeness (QED) is 0.836. The molecule has 0 aromatic carbocycles. The molecule has 1 aliphatic carbocycles. The first-order chi connectivity index (χ1) is 11.3. The molecule has 0 saturated carbocycles. The summed E-state index contributed by atoms with van der Waals surface area (Å²) in [7, 11) is 0. The fourth-order valence-electron chi connectivity index (χ4n) is 2.60. The number of thioether (sulfide) groups is 1. The summed E-state index contributed by atoms with van der Waals surface area (Å²) in [4.78, 5) is 22.3. The fourth-order valence-corrected chi connectivity index (χ4v) is 4.53. The molecule has 0 unspecified atom stereocenters. The topological polar surface area (TPSA) is 54.9 Å². The minimum absolute atomic E-state index is 0.0900. The number of fused-ring (bicyclic) bond motifs is 1. The second-order valence-corrected chi connectivity index (χ2v) is 7.75. The molecule has 0 saturated heterocycles. The molecule has 0 aliphatic heterocycles. The van der Waals surface area contributed by atoms with Gasteiger partial charge in [0.2, 0.25) is 5.91 Å². The summed E-state index contributed by atoms with van der Waals surface area (Å²) >= 11 is 3.42. The van der Waals surface area contributed by atoms with Crippen molar-refractivity contribution in [1.82, 2.24) is 15.3 Å². The Morgan fingerprint density at radius 2 is 2.22 bits per heavy atom. The van der Waals surface area contributed by atoms with E-state index in [0.717, 1.165) is 24.3 Å². The number of nitrogens with zero attached hydrogens (tertiary/aromatic N) is 2. The highest BCUT2D eigenvalue weighted by Gasteiger charge is 2.14. The molecule has 0 bridgehead atoms. The van der Waals surface area contributed by atoms with Gasteiger partial charge in [-0.3, -0.25) is 9.78 Å². The lowest BCUT2D eigenvalue weighted by molar-refractivity contribution is -0.118. The molecule has 6 heteroatoms. The van der Waals surface area contributed by atoms with E-state index in [2.05, 4.69) is 10.3 Å². The van der Waals surface area contributed by atoms with Gasteiger partial charge in [0.05, 0.1) is 22.1 Å². The molecule has 0 spiro atoms. The zero-order valence-electron chi connectivity index (χ0n) is 13.1. The average molecular weight is 348 g/mol. The van der Waals surface area contributed by atoms with Crippen LogP contribution in [0.5, 0.6) is 0 Å². The van der Waals surface area contributed by atoms with Crippen LogP contribution in [0, 0.1) is 0 Å². The van der Waals surface area contributed by atoms with E-state index in [4.69, 9.17) is 4.98 Å². The first-order valence-electron chi connectivity index (χ1n) is 8.03. The first kappa shape index (κ1) is 16.5. The Morgan fingerprint density at radius 3 is 3.04 bits per heavy atom. The van der Waals surface area contributed by atoms with E-state index in [1.54, 1.807) is 18.0 Å². The third-order valence-corrected chi connectivity index (χ3v) is 5.94. The van der Waals surface area contributed by atoms with E-state index >= 15 is 0 Å². The number of hydrogen-bond donors (Lipinski definition) is 1. The molecule has 2 heterocycles. The monoisotopic (exact) mass is 347 g/mol. The van der Waals surface area contributed by atoms with Gasteiger partial charge in [0.1, 0.15) is 0 Å². The van der Waals surface area contributed by atoms with Crippen molar-refractivity contribution in [2.75, 3.05) is 12.3 Å². The van der Waals surface area contributed by atoms with Gasteiger partial charge in [-0.2, -0.15) is 0 Å². The van der Waals surface area contributed by atoms with Gasteiger partial charge >= 0.3 is 0 Å². The van der Waals surface area contributed by atoms with Crippen molar-refractivity contribution in [3.63, 3.8) is 0 Å². The normalized spacial score (nSPS) is 13.6. The molecule has 1 amide bonds. The van der Waals surface area contributed by atoms with Crippen LogP contribution in [0.1, 0.15) is 34.1 Å². The Bertz CT molecular complexity index is 619. The fraction of sp³-hybridized carbons (Fsp3) is 0.471. The van der Waals surface area contributed by atoms with Crippen molar-refractivity contribution in [3.8, 4) is 0 Å². The molecular weight excluding hydrogens is 326 g/mol. The van der Waals surface area contributed by atoms with Crippen LogP contribution in [0.25, 0.3) is 0 Å². The number of nitrogens with one attached hydrogen (secondary N) is 1. The standard InChI is InChI=1S/C17H21N3OS2/c21-16(12-22-11-13-5-3-4-9-18-13)19-10-8-17-20-14-6-1-2-7-15(14)23-17/h3-5,9H,1-2,6-8,10-12H2,(H,19,21). The van der Waals surface area contributed by atoms with Crippen LogP contribution in [0.15, 0.2) is 24.4 Å². The van der Waals surface area contributed by atoms with Crippen LogP contribution >= 0.6 is 23.1 Å². The van der Waals surface area contributed by atoms with Crippen LogP contribution in [-0.4, -0.2) is 28.2 Å². The summed E-state index contributed by atoms with van der Waals surface area (Å²) < 4.78 is 0. The van der Waals surface area contributed by atoms with E-state index in [-0.39, 0.29) is 5.91 Å². The summed E-state index contributed by atoms with van der Waals surface area (Å²) in [6.45, 7) is 0.676. The molecule has 1 N–H and O–H groups in total. The summed E-state index contributed by atoms with van der Waals surface area (Å²) in [6.07, 6.45) is 7.49. The van der Waals surface area contributed by atoms with E-state index < -0.39 is 0 Å². The van der Waals surface area contributed by atoms with Crippen LogP contribution in [-0.2, 0) is 29.8 Å². The number of hydrogen-bond acceptors (Lipinski definition) is 5. The van der Waals surface area contributed by atoms with Crippen molar-refractivity contribution >= 4 is 29.0 Å². The summed E-state index contributed by atoms with van der Waals surface area (Å²) in [6, 6.07) is 5.85. The van der Waals surface area contributed by atoms with Crippen molar-refractivity contribution in [1.29, 1.82) is 0 Å². The lowest BCUT2D eigenvalue weighted by Crippen LogP contribution is -2.27. The summed E-state index contributed by atoms with van der Waals surface area (Å²) in [5.74, 6) is 1.34. The van der Waals surface area contributed by atoms with Gasteiger partial charge in [-0.1, -0.05) is 6.07 Å². The lowest BCUT2D eigenvalue weighted by atomic mass is 10.0. The minimum atomic E-state index is 0.0900. The Kier molecular flexibility index (Phi) is 6.05. The number of amides is 1. The van der Waals surface area contributed by atoms with E-state index in [0.29, 0.717) is 12.3 Å². The number of thiazole rings is 1. The molecule has 3 rings (SSSR count). The van der Waals surface area contributed by atoms with Gasteiger partial charge in [0, 0.05) is 29.8 Å². The highest BCUT2D eigenvalue weighted by atomic mass is 32.2. The lowest BCUT2D eigenvalue weighted by Gasteiger charge is -2.06. The Hall–Kier alpha value is -1.40. The zero-order chi connectivity index (χ0) is 15.9. The molecule has 122 valence electrons. The van der Waals surface area contributed by atoms with Crippen LogP contribution in [0.3, 0.4) is 0 Å². The van der Waals surface area contributed by atoms with Crippen molar-refractivity contribution in [3.05, 3.63) is 45.7 Å². The first-order valence-corrected chi connectivity index (χ1v) is 10.00. The second-order valence-electron chi connectivity index (χ2n) is 5.60. The third-order valence-electron chi connectivity index (χ3n) is 3.76. The van der Waals surface area contributed by atoms with Gasteiger partial charge in [-0.05, 0) is 37.8 Å². The number of aromatic nitrogens is 2. The molecule has 2 aromatic rings. The van der Waals surface area contributed by atoms with Crippen molar-refractivity contribution in [2.24, 2.45) is 0 Å². The van der Waals surface area contributed by atoms with Gasteiger partial charge in [0.25, 0.3) is 0 Å². The smallest absolute Gasteiger partial charge is 0.230 e. The maximum Gasteiger partial charge on any atom is 0.230 e. The van der Waals surface area contributed by atoms with Crippen LogP contribution in [0.4, 0.5) is 0 Å². The van der Waals surface area contributed by atoms with Gasteiger partial charge < -0.3 is 5.32 Å². The second kappa shape index (κ2) is 8.45. The summed E-state index contributed by atoms with van der Waals surface area (Å²) in [5.41, 5.74) is 2.31. The third kappa shape index (κ3) is 5.04. The molecular formula is C17H21N3OS2. The van der Waals surface area contributed by atoms with Gasteiger partial charge in [0.15, 0.2) is 0 Å². The molecule has 0 radical (unpaired) electrons. The van der Waals surface area contributed by atoms with Crippen molar-refractivity contribution < 1.29 is 4.79 Å². The molecule has 0 atom stereocenters. The highest BCUT2D eigenvalue weighted by Crippen LogP contribution is 2.26. The zero-order valence-corrected chi connectivity index (χ0v) is 14.7. The largest absolute Gasteiger partial charge is 0.355 e. The van der Waals surface area contributed by atoms with Crippen LogP contribution in [0.2, 0.25) is 0 Å². The molecule has 1 aliphatic rings. The maximum atomic E-state index is 11.8. The molecule has 4 nitrogen and oxygen atoms in total. The molecule has 23 heavy (non-hydrogen) atoms. The Balaban J connectivity index is 1.34. The SMILES string of the molecule is O=C(CSCc1ccccn1)NCCc1nc2c(s1)CCCC2. The highest BCUT2D eigenvalue weighted by molar-refractivity contribution is 7.99. The number of pyridine rings is 1. The number of carbonyl (C=O) groups is 1. The van der Waals surface area contributed by atoms with Crippen LogP contribution < -0.4 is 5.32 Å². The Labute approximate surface area is 145 Å². The predicted octanol–water partition coefficient (Wildman–Crippen LogP) is 3.01. The average Bonchev–Trinajstić information content (AvgIpc) is 2.98. The van der Waals surface area contributed by atoms with E-state index in [1.807, 2.05) is 29.5 Å². The molecule has 2 aromatic heterocycles.